The molecule has 0 heterocycles. The zero-order chi connectivity index (χ0) is 8.08. The van der Waals surface area contributed by atoms with Crippen molar-refractivity contribution in [2.45, 2.75) is 3.79 Å². The van der Waals surface area contributed by atoms with E-state index in [9.17, 15) is 0 Å². The Morgan fingerprint density at radius 1 is 1.00 bits per heavy atom. The predicted molar refractivity (Wildman–Crippen MR) is 46.5 cm³/mol. The molecule has 3 nitrogen and oxygen atoms in total. The van der Waals surface area contributed by atoms with Crippen molar-refractivity contribution >= 4 is 55.8 Å². The molecule has 2 radical (unpaired) electrons. The maximum absolute atomic E-state index is 7.23. The van der Waals surface area contributed by atoms with Gasteiger partial charge in [-0.25, -0.2) is 0 Å². The molecule has 98 valence electrons. The average molecular weight is 441 g/mol. The minimum Gasteiger partial charge on any atom is -0.328 e. The fourth-order valence-corrected chi connectivity index (χ4v) is 0. The predicted octanol–water partition coefficient (Wildman–Crippen LogP) is 1.80. The first-order valence-corrected chi connectivity index (χ1v) is 3.85. The maximum Gasteiger partial charge on any atom is 1.00 e. The third kappa shape index (κ3) is 278. The molecule has 13 heavy (non-hydrogen) atoms. The molecule has 0 rings (SSSR count). The second kappa shape index (κ2) is 20.4. The average Bonchev–Trinajstić information content (AvgIpc) is 1.19. The largest absolute Gasteiger partial charge is 1.00 e. The number of hydrogen-bond donors (Lipinski definition) is 3. The summed E-state index contributed by atoms with van der Waals surface area (Å²) in [5.41, 5.74) is 0. The van der Waals surface area contributed by atoms with Gasteiger partial charge in [-0.2, -0.15) is 0 Å². The summed E-state index contributed by atoms with van der Waals surface area (Å²) in [6.45, 7) is 3.07. The fraction of sp³-hybridized carbons (Fsp3) is 0.500. The molecule has 0 aromatic rings. The number of rotatable bonds is 0. The van der Waals surface area contributed by atoms with E-state index in [2.05, 4.69) is 6.92 Å². The number of alkyl halides is 3. The zero-order valence-corrected chi connectivity index (χ0v) is 12.2. The molecule has 3 N–H and O–H groups in total. The van der Waals surface area contributed by atoms with Gasteiger partial charge in [-0.15, -0.1) is 47.2 Å². The Morgan fingerprint density at radius 3 is 1.00 bits per heavy atom. The number of halogens is 4. The fourth-order valence-electron chi connectivity index (χ4n) is 0. The van der Waals surface area contributed by atoms with Gasteiger partial charge < -0.3 is 14.7 Å². The Kier molecular flexibility index (Phi) is 56.6. The van der Waals surface area contributed by atoms with Gasteiger partial charge in [-0.1, -0.05) is 0 Å². The summed E-state index contributed by atoms with van der Waals surface area (Å²) in [6, 6.07) is 0. The van der Waals surface area contributed by atoms with E-state index < -0.39 is 12.4 Å². The Morgan fingerprint density at radius 2 is 1.00 bits per heavy atom. The Bertz CT molecular complexity index is 65.4. The minimum atomic E-state index is -2.62. The summed E-state index contributed by atoms with van der Waals surface area (Å²) in [4.78, 5) is 21.7. The molecule has 0 spiro atoms. The molecule has 0 aliphatic rings. The third-order valence-corrected chi connectivity index (χ3v) is 0. The summed E-state index contributed by atoms with van der Waals surface area (Å²) in [6.07, 6.45) is 0. The van der Waals surface area contributed by atoms with Crippen LogP contribution in [0.3, 0.4) is 0 Å². The van der Waals surface area contributed by atoms with E-state index in [1.807, 2.05) is 0 Å². The SMILES string of the molecule is Cl.OP(O)O.[CH2-]C(Cl)(Cl)Cl.[Cu+].[Cu].[Cu]. The van der Waals surface area contributed by atoms with E-state index >= 15 is 0 Å². The van der Waals surface area contributed by atoms with Crippen LogP contribution in [0.4, 0.5) is 0 Å². The maximum atomic E-state index is 7.23. The molecule has 0 fully saturated rings. The Balaban J connectivity index is -0.0000000146. The smallest absolute Gasteiger partial charge is 0.328 e. The van der Waals surface area contributed by atoms with E-state index in [1.165, 1.54) is 0 Å². The van der Waals surface area contributed by atoms with Crippen molar-refractivity contribution in [2.75, 3.05) is 0 Å². The molecule has 0 saturated heterocycles. The molecule has 0 atom stereocenters. The van der Waals surface area contributed by atoms with Crippen molar-refractivity contribution in [3.8, 4) is 0 Å². The quantitative estimate of drug-likeness (QED) is 0.233. The minimum absolute atomic E-state index is 0. The Hall–Kier alpha value is 3.03. The molecule has 0 aromatic carbocycles. The van der Waals surface area contributed by atoms with Crippen LogP contribution in [-0.4, -0.2) is 18.5 Å². The summed E-state index contributed by atoms with van der Waals surface area (Å²) >= 11 is 14.8. The van der Waals surface area contributed by atoms with Crippen LogP contribution in [0.2, 0.25) is 0 Å². The van der Waals surface area contributed by atoms with Gasteiger partial charge in [0.1, 0.15) is 0 Å². The molecule has 0 aliphatic heterocycles. The van der Waals surface area contributed by atoms with Crippen LogP contribution in [0.25, 0.3) is 0 Å². The van der Waals surface area contributed by atoms with Gasteiger partial charge in [-0.05, 0) is 0 Å². The number of hydrogen-bond acceptors (Lipinski definition) is 3. The van der Waals surface area contributed by atoms with Crippen molar-refractivity contribution in [1.82, 2.24) is 0 Å². The van der Waals surface area contributed by atoms with Crippen LogP contribution in [0.15, 0.2) is 0 Å². The normalized spacial score (nSPS) is 7.38. The topological polar surface area (TPSA) is 60.7 Å². The van der Waals surface area contributed by atoms with Gasteiger partial charge >= 0.3 is 25.7 Å². The first-order valence-electron chi connectivity index (χ1n) is 1.52. The van der Waals surface area contributed by atoms with E-state index in [-0.39, 0.29) is 63.6 Å². The second-order valence-corrected chi connectivity index (χ2v) is 3.94. The summed E-state index contributed by atoms with van der Waals surface area (Å²) < 4.78 is -1.33. The van der Waals surface area contributed by atoms with Crippen LogP contribution in [0.1, 0.15) is 0 Å². The first-order chi connectivity index (χ1) is 3.73. The molecular formula is C2H6Cl4Cu3O3P. The molecular weight excluding hydrogens is 435 g/mol. The van der Waals surface area contributed by atoms with E-state index in [1.54, 1.807) is 0 Å². The zero-order valence-electron chi connectivity index (χ0n) is 5.44. The first kappa shape index (κ1) is 36.0. The van der Waals surface area contributed by atoms with Gasteiger partial charge in [-0.3, -0.25) is 6.92 Å². The van der Waals surface area contributed by atoms with Gasteiger partial charge in [0.05, 0.1) is 3.79 Å². The van der Waals surface area contributed by atoms with Gasteiger partial charge in [0.15, 0.2) is 0 Å². The summed E-state index contributed by atoms with van der Waals surface area (Å²) in [5.74, 6) is 0. The molecule has 0 aliphatic carbocycles. The van der Waals surface area contributed by atoms with Crippen molar-refractivity contribution < 1.29 is 65.9 Å². The Labute approximate surface area is 131 Å². The van der Waals surface area contributed by atoms with Gasteiger partial charge in [0, 0.05) is 34.1 Å². The summed E-state index contributed by atoms with van der Waals surface area (Å²) in [5, 5.41) is 0. The van der Waals surface area contributed by atoms with Crippen molar-refractivity contribution in [2.24, 2.45) is 0 Å². The molecule has 0 saturated carbocycles. The van der Waals surface area contributed by atoms with Crippen LogP contribution < -0.4 is 0 Å². The molecule has 0 amide bonds. The van der Waals surface area contributed by atoms with Crippen LogP contribution >= 0.6 is 55.8 Å². The van der Waals surface area contributed by atoms with Crippen LogP contribution in [0.5, 0.6) is 0 Å². The summed E-state index contributed by atoms with van der Waals surface area (Å²) in [7, 11) is -2.62. The molecule has 0 unspecified atom stereocenters. The molecule has 0 aromatic heterocycles. The van der Waals surface area contributed by atoms with Crippen molar-refractivity contribution in [1.29, 1.82) is 0 Å². The van der Waals surface area contributed by atoms with Crippen LogP contribution in [-0.2, 0) is 51.2 Å². The van der Waals surface area contributed by atoms with E-state index in [4.69, 9.17) is 49.5 Å². The van der Waals surface area contributed by atoms with Gasteiger partial charge in [0.25, 0.3) is 0 Å². The van der Waals surface area contributed by atoms with Crippen LogP contribution in [0, 0.1) is 6.92 Å². The van der Waals surface area contributed by atoms with E-state index in [0.29, 0.717) is 0 Å². The molecule has 11 heteroatoms. The van der Waals surface area contributed by atoms with Crippen molar-refractivity contribution in [3.05, 3.63) is 6.92 Å². The molecule has 0 bridgehead atoms. The monoisotopic (exact) mass is 438 g/mol. The van der Waals surface area contributed by atoms with E-state index in [0.717, 1.165) is 0 Å². The third-order valence-electron chi connectivity index (χ3n) is 0. The standard InChI is InChI=1S/C2H2Cl3.ClH.3Cu.H3O3P/c1-2(3,4)5;;;;;1-4(2)3/h1H2;1H;;;;1-3H/q-1;;;;+1;. The van der Waals surface area contributed by atoms with Gasteiger partial charge in [0.2, 0.25) is 0 Å². The second-order valence-electron chi connectivity index (χ2n) is 0.884. The van der Waals surface area contributed by atoms with Crippen molar-refractivity contribution in [3.63, 3.8) is 0 Å².